The summed E-state index contributed by atoms with van der Waals surface area (Å²) in [5.74, 6) is -1.10. The van der Waals surface area contributed by atoms with Crippen LogP contribution in [-0.2, 0) is 26.3 Å². The summed E-state index contributed by atoms with van der Waals surface area (Å²) < 4.78 is 24.1. The van der Waals surface area contributed by atoms with Gasteiger partial charge in [0.1, 0.15) is 11.6 Å². The molecule has 1 saturated carbocycles. The molecule has 1 fully saturated rings. The van der Waals surface area contributed by atoms with Crippen molar-refractivity contribution in [2.45, 2.75) is 37.6 Å². The lowest BCUT2D eigenvalue weighted by Gasteiger charge is -2.28. The molecule has 0 spiro atoms. The van der Waals surface area contributed by atoms with Crippen LogP contribution in [-0.4, -0.2) is 31.4 Å². The van der Waals surface area contributed by atoms with E-state index in [0.717, 1.165) is 12.8 Å². The van der Waals surface area contributed by atoms with Gasteiger partial charge < -0.3 is 19.4 Å². The van der Waals surface area contributed by atoms with Crippen LogP contribution >= 0.6 is 0 Å². The van der Waals surface area contributed by atoms with Gasteiger partial charge in [-0.15, -0.1) is 0 Å². The normalized spacial score (nSPS) is 14.3. The van der Waals surface area contributed by atoms with Gasteiger partial charge in [0.25, 0.3) is 11.8 Å². The number of hydrogen-bond donors (Lipinski definition) is 1. The minimum absolute atomic E-state index is 0.209. The van der Waals surface area contributed by atoms with E-state index >= 15 is 0 Å². The molecule has 35 heavy (non-hydrogen) atoms. The maximum Gasteiger partial charge on any atom is 0.317 e. The molecule has 2 aromatic carbocycles. The number of nitrogens with one attached hydrogen (secondary N) is 1. The van der Waals surface area contributed by atoms with E-state index in [9.17, 15) is 18.8 Å². The van der Waals surface area contributed by atoms with Gasteiger partial charge >= 0.3 is 5.97 Å². The van der Waals surface area contributed by atoms with Crippen LogP contribution in [0.25, 0.3) is 0 Å². The maximum absolute atomic E-state index is 13.4. The third kappa shape index (κ3) is 5.26. The molecule has 0 radical (unpaired) electrons. The fourth-order valence-electron chi connectivity index (χ4n) is 4.49. The SMILES string of the molecule is CN(C(=O)COC(=O)C1(c2ccc(F)cc2)CCCC1)c1ccccc1C(=O)NCc1ccco1. The highest BCUT2D eigenvalue weighted by Gasteiger charge is 2.44. The molecular formula is C27H27FN2O5. The number of para-hydroxylation sites is 1. The second-order valence-electron chi connectivity index (χ2n) is 8.60. The average molecular weight is 479 g/mol. The van der Waals surface area contributed by atoms with E-state index in [-0.39, 0.29) is 18.3 Å². The molecule has 3 aromatic rings. The van der Waals surface area contributed by atoms with Crippen LogP contribution in [0.2, 0.25) is 0 Å². The van der Waals surface area contributed by atoms with E-state index in [1.54, 1.807) is 48.5 Å². The Morgan fingerprint density at radius 1 is 1.03 bits per heavy atom. The molecular weight excluding hydrogens is 451 g/mol. The number of hydrogen-bond acceptors (Lipinski definition) is 5. The van der Waals surface area contributed by atoms with Crippen LogP contribution in [0, 0.1) is 5.82 Å². The lowest BCUT2D eigenvalue weighted by molar-refractivity contribution is -0.153. The molecule has 1 aliphatic rings. The van der Waals surface area contributed by atoms with Crippen LogP contribution in [0.4, 0.5) is 10.1 Å². The fourth-order valence-corrected chi connectivity index (χ4v) is 4.49. The molecule has 182 valence electrons. The number of likely N-dealkylation sites (N-methyl/N-ethyl adjacent to an activating group) is 1. The number of furan rings is 1. The number of anilines is 1. The zero-order chi connectivity index (χ0) is 24.8. The molecule has 1 aromatic heterocycles. The second kappa shape index (κ2) is 10.5. The highest BCUT2D eigenvalue weighted by Crippen LogP contribution is 2.42. The first kappa shape index (κ1) is 24.2. The number of benzene rings is 2. The largest absolute Gasteiger partial charge is 0.467 e. The predicted molar refractivity (Wildman–Crippen MR) is 127 cm³/mol. The summed E-state index contributed by atoms with van der Waals surface area (Å²) in [6.45, 7) is -0.262. The second-order valence-corrected chi connectivity index (χ2v) is 8.60. The third-order valence-electron chi connectivity index (χ3n) is 6.46. The summed E-state index contributed by atoms with van der Waals surface area (Å²) in [4.78, 5) is 40.1. The van der Waals surface area contributed by atoms with Crippen molar-refractivity contribution in [3.8, 4) is 0 Å². The minimum Gasteiger partial charge on any atom is -0.467 e. The maximum atomic E-state index is 13.4. The van der Waals surface area contributed by atoms with Gasteiger partial charge in [-0.1, -0.05) is 37.1 Å². The Bertz CT molecular complexity index is 1180. The van der Waals surface area contributed by atoms with E-state index in [1.165, 1.54) is 30.3 Å². The Morgan fingerprint density at radius 2 is 1.74 bits per heavy atom. The third-order valence-corrected chi connectivity index (χ3v) is 6.46. The molecule has 0 unspecified atom stereocenters. The number of amides is 2. The zero-order valence-corrected chi connectivity index (χ0v) is 19.5. The standard InChI is InChI=1S/C27H27FN2O5/c1-30(23-9-3-2-8-22(23)25(32)29-17-21-7-6-16-34-21)24(31)18-35-26(33)27(14-4-5-15-27)19-10-12-20(28)13-11-19/h2-3,6-13,16H,4-5,14-15,17-18H2,1H3,(H,29,32). The molecule has 0 atom stereocenters. The molecule has 4 rings (SSSR count). The first-order valence-corrected chi connectivity index (χ1v) is 11.5. The topological polar surface area (TPSA) is 88.8 Å². The summed E-state index contributed by atoms with van der Waals surface area (Å²) in [7, 11) is 1.53. The van der Waals surface area contributed by atoms with Crippen molar-refractivity contribution >= 4 is 23.5 Å². The van der Waals surface area contributed by atoms with E-state index in [4.69, 9.17) is 9.15 Å². The number of rotatable bonds is 8. The van der Waals surface area contributed by atoms with Crippen molar-refractivity contribution < 1.29 is 27.9 Å². The minimum atomic E-state index is -0.879. The van der Waals surface area contributed by atoms with E-state index in [0.29, 0.717) is 35.4 Å². The Labute approximate surface area is 202 Å². The van der Waals surface area contributed by atoms with E-state index < -0.39 is 23.9 Å². The first-order valence-electron chi connectivity index (χ1n) is 11.5. The lowest BCUT2D eigenvalue weighted by atomic mass is 9.79. The Kier molecular flexibility index (Phi) is 7.29. The number of halogens is 1. The number of nitrogens with zero attached hydrogens (tertiary/aromatic N) is 1. The Hall–Kier alpha value is -3.94. The molecule has 0 saturated heterocycles. The smallest absolute Gasteiger partial charge is 0.317 e. The van der Waals surface area contributed by atoms with Crippen LogP contribution in [0.3, 0.4) is 0 Å². The van der Waals surface area contributed by atoms with Crippen molar-refractivity contribution in [2.75, 3.05) is 18.6 Å². The Morgan fingerprint density at radius 3 is 2.43 bits per heavy atom. The average Bonchev–Trinajstić information content (AvgIpc) is 3.59. The molecule has 2 amide bonds. The molecule has 7 nitrogen and oxygen atoms in total. The summed E-state index contributed by atoms with van der Waals surface area (Å²) in [5, 5.41) is 2.77. The van der Waals surface area contributed by atoms with Gasteiger partial charge in [0, 0.05) is 7.05 Å². The van der Waals surface area contributed by atoms with Gasteiger partial charge in [-0.3, -0.25) is 14.4 Å². The number of ether oxygens (including phenoxy) is 1. The molecule has 8 heteroatoms. The predicted octanol–water partition coefficient (Wildman–Crippen LogP) is 4.37. The highest BCUT2D eigenvalue weighted by atomic mass is 19.1. The van der Waals surface area contributed by atoms with Gasteiger partial charge in [0.2, 0.25) is 0 Å². The van der Waals surface area contributed by atoms with Crippen LogP contribution < -0.4 is 10.2 Å². The van der Waals surface area contributed by atoms with Gasteiger partial charge in [0.15, 0.2) is 6.61 Å². The number of carbonyl (C=O) groups is 3. The number of esters is 1. The first-order chi connectivity index (χ1) is 16.9. The van der Waals surface area contributed by atoms with Gasteiger partial charge in [-0.2, -0.15) is 0 Å². The van der Waals surface area contributed by atoms with Crippen LogP contribution in [0.1, 0.15) is 47.4 Å². The molecule has 1 N–H and O–H groups in total. The van der Waals surface area contributed by atoms with Crippen molar-refractivity contribution in [3.63, 3.8) is 0 Å². The summed E-state index contributed by atoms with van der Waals surface area (Å²) >= 11 is 0. The number of carbonyl (C=O) groups excluding carboxylic acids is 3. The summed E-state index contributed by atoms with van der Waals surface area (Å²) in [6, 6.07) is 16.0. The summed E-state index contributed by atoms with van der Waals surface area (Å²) in [5.41, 5.74) is 0.510. The van der Waals surface area contributed by atoms with Crippen LogP contribution in [0.5, 0.6) is 0 Å². The van der Waals surface area contributed by atoms with Gasteiger partial charge in [0.05, 0.1) is 29.5 Å². The van der Waals surface area contributed by atoms with Crippen molar-refractivity contribution in [2.24, 2.45) is 0 Å². The molecule has 0 aliphatic heterocycles. The van der Waals surface area contributed by atoms with Crippen molar-refractivity contribution in [3.05, 3.63) is 89.6 Å². The zero-order valence-electron chi connectivity index (χ0n) is 19.5. The van der Waals surface area contributed by atoms with Crippen molar-refractivity contribution in [1.82, 2.24) is 5.32 Å². The highest BCUT2D eigenvalue weighted by molar-refractivity contribution is 6.05. The summed E-state index contributed by atoms with van der Waals surface area (Å²) in [6.07, 6.45) is 4.39. The lowest BCUT2D eigenvalue weighted by Crippen LogP contribution is -2.38. The van der Waals surface area contributed by atoms with Crippen LogP contribution in [0.15, 0.2) is 71.3 Å². The van der Waals surface area contributed by atoms with Gasteiger partial charge in [-0.25, -0.2) is 4.39 Å². The monoisotopic (exact) mass is 478 g/mol. The van der Waals surface area contributed by atoms with Gasteiger partial charge in [-0.05, 0) is 54.8 Å². The fraction of sp³-hybridized carbons (Fsp3) is 0.296. The van der Waals surface area contributed by atoms with Crippen molar-refractivity contribution in [1.29, 1.82) is 0 Å². The molecule has 1 heterocycles. The quantitative estimate of drug-likeness (QED) is 0.486. The van der Waals surface area contributed by atoms with E-state index in [1.807, 2.05) is 0 Å². The van der Waals surface area contributed by atoms with E-state index in [2.05, 4.69) is 5.32 Å². The molecule has 0 bridgehead atoms. The Balaban J connectivity index is 1.42. The molecule has 1 aliphatic carbocycles.